The molecule has 0 aliphatic carbocycles. The molecule has 0 aliphatic heterocycles. The number of nitrogens with zero attached hydrogens (tertiary/aromatic N) is 2. The van der Waals surface area contributed by atoms with E-state index in [-0.39, 0.29) is 18.1 Å². The van der Waals surface area contributed by atoms with E-state index in [4.69, 9.17) is 4.42 Å². The van der Waals surface area contributed by atoms with Crippen molar-refractivity contribution in [2.45, 2.75) is 13.1 Å². The first-order chi connectivity index (χ1) is 11.1. The largest absolute Gasteiger partial charge is 0.467 e. The van der Waals surface area contributed by atoms with Gasteiger partial charge in [0.15, 0.2) is 0 Å². The van der Waals surface area contributed by atoms with Crippen LogP contribution in [0, 0.1) is 0 Å². The molecule has 0 radical (unpaired) electrons. The minimum absolute atomic E-state index is 0.136. The van der Waals surface area contributed by atoms with Gasteiger partial charge in [-0.2, -0.15) is 0 Å². The van der Waals surface area contributed by atoms with Gasteiger partial charge in [0.05, 0.1) is 30.3 Å². The van der Waals surface area contributed by atoms with E-state index >= 15 is 0 Å². The fourth-order valence-electron chi connectivity index (χ4n) is 2.22. The van der Waals surface area contributed by atoms with E-state index in [0.717, 1.165) is 0 Å². The normalized spacial score (nSPS) is 10.7. The molecule has 0 saturated carbocycles. The van der Waals surface area contributed by atoms with E-state index in [2.05, 4.69) is 15.6 Å². The van der Waals surface area contributed by atoms with Crippen molar-refractivity contribution in [3.63, 3.8) is 0 Å². The highest BCUT2D eigenvalue weighted by atomic mass is 16.3. The molecule has 2 heterocycles. The van der Waals surface area contributed by atoms with Gasteiger partial charge in [0.1, 0.15) is 11.6 Å². The zero-order valence-electron chi connectivity index (χ0n) is 12.6. The number of carbonyl (C=O) groups excluding carboxylic acids is 1. The highest BCUT2D eigenvalue weighted by Gasteiger charge is 2.09. The first-order valence-corrected chi connectivity index (χ1v) is 7.14. The average Bonchev–Trinajstić information content (AvgIpc) is 3.08. The smallest absolute Gasteiger partial charge is 0.315 e. The van der Waals surface area contributed by atoms with Crippen molar-refractivity contribution in [2.24, 2.45) is 7.05 Å². The van der Waals surface area contributed by atoms with Crippen molar-refractivity contribution in [3.05, 3.63) is 64.6 Å². The molecule has 0 atom stereocenters. The molecule has 23 heavy (non-hydrogen) atoms. The van der Waals surface area contributed by atoms with Gasteiger partial charge in [0, 0.05) is 7.05 Å². The monoisotopic (exact) mass is 312 g/mol. The molecule has 0 saturated heterocycles. The van der Waals surface area contributed by atoms with E-state index < -0.39 is 0 Å². The number of nitrogens with one attached hydrogen (secondary N) is 2. The van der Waals surface area contributed by atoms with Gasteiger partial charge in [-0.1, -0.05) is 12.1 Å². The maximum Gasteiger partial charge on any atom is 0.315 e. The molecule has 118 valence electrons. The van der Waals surface area contributed by atoms with Crippen LogP contribution >= 0.6 is 0 Å². The van der Waals surface area contributed by atoms with Crippen LogP contribution in [0.2, 0.25) is 0 Å². The Morgan fingerprint density at radius 1 is 1.17 bits per heavy atom. The van der Waals surface area contributed by atoms with Gasteiger partial charge >= 0.3 is 6.03 Å². The van der Waals surface area contributed by atoms with E-state index in [1.165, 1.54) is 4.57 Å². The molecule has 1 aromatic carbocycles. The van der Waals surface area contributed by atoms with Crippen LogP contribution in [0.15, 0.2) is 51.9 Å². The van der Waals surface area contributed by atoms with Gasteiger partial charge in [-0.3, -0.25) is 9.36 Å². The number of rotatable bonds is 4. The number of benzene rings is 1. The number of amides is 2. The maximum atomic E-state index is 12.3. The molecule has 0 unspecified atom stereocenters. The summed E-state index contributed by atoms with van der Waals surface area (Å²) in [5, 5.41) is 5.90. The van der Waals surface area contributed by atoms with Crippen molar-refractivity contribution in [3.8, 4) is 0 Å². The first kappa shape index (κ1) is 14.8. The molecule has 7 heteroatoms. The Labute approximate surface area is 131 Å². The third-order valence-electron chi connectivity index (χ3n) is 3.49. The van der Waals surface area contributed by atoms with Crippen LogP contribution in [0.4, 0.5) is 4.79 Å². The van der Waals surface area contributed by atoms with Gasteiger partial charge in [-0.25, -0.2) is 9.78 Å². The van der Waals surface area contributed by atoms with Crippen molar-refractivity contribution >= 4 is 16.9 Å². The predicted molar refractivity (Wildman–Crippen MR) is 84.8 cm³/mol. The zero-order valence-corrected chi connectivity index (χ0v) is 12.6. The average molecular weight is 312 g/mol. The SMILES string of the molecule is Cn1c(CNC(=O)NCc2ccco2)nc2ccccc2c1=O. The molecule has 0 fully saturated rings. The summed E-state index contributed by atoms with van der Waals surface area (Å²) >= 11 is 0. The topological polar surface area (TPSA) is 89.2 Å². The molecule has 2 N–H and O–H groups in total. The Morgan fingerprint density at radius 2 is 1.96 bits per heavy atom. The second-order valence-electron chi connectivity index (χ2n) is 5.02. The molecular formula is C16H16N4O3. The molecule has 0 bridgehead atoms. The lowest BCUT2D eigenvalue weighted by Crippen LogP contribution is -2.36. The third kappa shape index (κ3) is 3.23. The number of hydrogen-bond donors (Lipinski definition) is 2. The molecule has 0 aliphatic rings. The van der Waals surface area contributed by atoms with Crippen molar-refractivity contribution < 1.29 is 9.21 Å². The fraction of sp³-hybridized carbons (Fsp3) is 0.188. The fourth-order valence-corrected chi connectivity index (χ4v) is 2.22. The third-order valence-corrected chi connectivity index (χ3v) is 3.49. The van der Waals surface area contributed by atoms with Crippen molar-refractivity contribution in [1.29, 1.82) is 0 Å². The number of furan rings is 1. The summed E-state index contributed by atoms with van der Waals surface area (Å²) in [6.45, 7) is 0.448. The lowest BCUT2D eigenvalue weighted by Gasteiger charge is -2.10. The molecule has 2 amide bonds. The summed E-state index contributed by atoms with van der Waals surface area (Å²) in [6, 6.07) is 10.3. The molecule has 3 aromatic rings. The summed E-state index contributed by atoms with van der Waals surface area (Å²) < 4.78 is 6.57. The summed E-state index contributed by atoms with van der Waals surface area (Å²) in [5.41, 5.74) is 0.479. The van der Waals surface area contributed by atoms with E-state index in [9.17, 15) is 9.59 Å². The predicted octanol–water partition coefficient (Wildman–Crippen LogP) is 1.53. The highest BCUT2D eigenvalue weighted by Crippen LogP contribution is 2.07. The minimum atomic E-state index is -0.358. The minimum Gasteiger partial charge on any atom is -0.467 e. The molecular weight excluding hydrogens is 296 g/mol. The van der Waals surface area contributed by atoms with Crippen LogP contribution in [-0.4, -0.2) is 15.6 Å². The number of hydrogen-bond acceptors (Lipinski definition) is 4. The second-order valence-corrected chi connectivity index (χ2v) is 5.02. The Balaban J connectivity index is 1.68. The number of urea groups is 1. The highest BCUT2D eigenvalue weighted by molar-refractivity contribution is 5.77. The Bertz CT molecular complexity index is 884. The van der Waals surface area contributed by atoms with Crippen LogP contribution in [0.25, 0.3) is 10.9 Å². The van der Waals surface area contributed by atoms with Gasteiger partial charge in [0.25, 0.3) is 5.56 Å². The molecule has 3 rings (SSSR count). The van der Waals surface area contributed by atoms with Gasteiger partial charge < -0.3 is 15.1 Å². The molecule has 2 aromatic heterocycles. The lowest BCUT2D eigenvalue weighted by molar-refractivity contribution is 0.238. The Kier molecular flexibility index (Phi) is 4.09. The summed E-state index contributed by atoms with van der Waals surface area (Å²) in [7, 11) is 1.64. The standard InChI is InChI=1S/C16H16N4O3/c1-20-14(19-13-7-3-2-6-12(13)15(20)21)10-18-16(22)17-9-11-5-4-8-23-11/h2-8H,9-10H2,1H3,(H2,17,18,22). The number of carbonyl (C=O) groups is 1. The maximum absolute atomic E-state index is 12.3. The summed E-state index contributed by atoms with van der Waals surface area (Å²) in [4.78, 5) is 28.5. The lowest BCUT2D eigenvalue weighted by atomic mass is 10.2. The van der Waals surface area contributed by atoms with Crippen molar-refractivity contribution in [1.82, 2.24) is 20.2 Å². The quantitative estimate of drug-likeness (QED) is 0.764. The van der Waals surface area contributed by atoms with Crippen LogP contribution in [0.1, 0.15) is 11.6 Å². The van der Waals surface area contributed by atoms with Gasteiger partial charge in [0.2, 0.25) is 0 Å². The Morgan fingerprint density at radius 3 is 2.74 bits per heavy atom. The summed E-state index contributed by atoms with van der Waals surface area (Å²) in [6.07, 6.45) is 1.55. The second kappa shape index (κ2) is 6.35. The summed E-state index contributed by atoms with van der Waals surface area (Å²) in [5.74, 6) is 1.15. The Hall–Kier alpha value is -3.09. The first-order valence-electron chi connectivity index (χ1n) is 7.14. The van der Waals surface area contributed by atoms with E-state index in [1.54, 1.807) is 43.6 Å². The van der Waals surface area contributed by atoms with Crippen molar-refractivity contribution in [2.75, 3.05) is 0 Å². The van der Waals surface area contributed by atoms with E-state index in [1.807, 2.05) is 6.07 Å². The molecule has 0 spiro atoms. The van der Waals surface area contributed by atoms with Gasteiger partial charge in [-0.05, 0) is 24.3 Å². The van der Waals surface area contributed by atoms with Gasteiger partial charge in [-0.15, -0.1) is 0 Å². The van der Waals surface area contributed by atoms with Crippen LogP contribution in [0.5, 0.6) is 0 Å². The number of para-hydroxylation sites is 1. The number of aromatic nitrogens is 2. The van der Waals surface area contributed by atoms with E-state index in [0.29, 0.717) is 29.0 Å². The molecule has 7 nitrogen and oxygen atoms in total. The number of fused-ring (bicyclic) bond motifs is 1. The van der Waals surface area contributed by atoms with Crippen LogP contribution in [-0.2, 0) is 20.1 Å². The van der Waals surface area contributed by atoms with Crippen LogP contribution < -0.4 is 16.2 Å². The van der Waals surface area contributed by atoms with Crippen LogP contribution in [0.3, 0.4) is 0 Å². The zero-order chi connectivity index (χ0) is 16.2.